The normalized spacial score (nSPS) is 10.5. The van der Waals surface area contributed by atoms with E-state index in [2.05, 4.69) is 54.3 Å². The minimum atomic E-state index is 0.477. The third-order valence-corrected chi connectivity index (χ3v) is 2.90. The van der Waals surface area contributed by atoms with Gasteiger partial charge in [-0.05, 0) is 43.5 Å². The van der Waals surface area contributed by atoms with Crippen LogP contribution >= 0.6 is 11.6 Å². The smallest absolute Gasteiger partial charge is 0.135 e. The summed E-state index contributed by atoms with van der Waals surface area (Å²) in [6.07, 6.45) is 1.84. The van der Waals surface area contributed by atoms with Gasteiger partial charge in [0, 0.05) is 18.2 Å². The van der Waals surface area contributed by atoms with Crippen molar-refractivity contribution in [1.82, 2.24) is 9.97 Å². The summed E-state index contributed by atoms with van der Waals surface area (Å²) in [7, 11) is 0. The molecule has 1 aromatic heterocycles. The van der Waals surface area contributed by atoms with Gasteiger partial charge in [-0.1, -0.05) is 24.6 Å². The second kappa shape index (κ2) is 6.02. The lowest BCUT2D eigenvalue weighted by Crippen LogP contribution is -2.00. The van der Waals surface area contributed by atoms with Crippen LogP contribution in [0.1, 0.15) is 30.3 Å². The topological polar surface area (TPSA) is 37.8 Å². The van der Waals surface area contributed by atoms with Crippen molar-refractivity contribution in [3.05, 3.63) is 46.4 Å². The number of benzene rings is 1. The van der Waals surface area contributed by atoms with Crippen LogP contribution in [-0.4, -0.2) is 9.97 Å². The number of nitrogens with one attached hydrogen (secondary N) is 1. The van der Waals surface area contributed by atoms with E-state index in [0.29, 0.717) is 5.15 Å². The molecule has 0 saturated carbocycles. The maximum absolute atomic E-state index is 6.02. The minimum absolute atomic E-state index is 0.477. The molecule has 2 aromatic rings. The molecule has 4 heteroatoms. The Bertz CT molecular complexity index is 561. The molecule has 1 aromatic carbocycles. The molecule has 0 aliphatic rings. The second-order valence-corrected chi connectivity index (χ2v) is 5.13. The lowest BCUT2D eigenvalue weighted by Gasteiger charge is -2.09. The Kier molecular flexibility index (Phi) is 4.38. The first kappa shape index (κ1) is 13.8. The fraction of sp³-hybridized carbons (Fsp3) is 0.333. The van der Waals surface area contributed by atoms with E-state index >= 15 is 0 Å². The Morgan fingerprint density at radius 1 is 1.05 bits per heavy atom. The van der Waals surface area contributed by atoms with Crippen LogP contribution in [0, 0.1) is 13.8 Å². The zero-order chi connectivity index (χ0) is 13.8. The molecule has 0 bridgehead atoms. The number of halogens is 1. The first-order valence-electron chi connectivity index (χ1n) is 6.45. The Labute approximate surface area is 119 Å². The summed E-state index contributed by atoms with van der Waals surface area (Å²) in [4.78, 5) is 8.69. The van der Waals surface area contributed by atoms with Crippen molar-refractivity contribution >= 4 is 23.1 Å². The molecule has 0 radical (unpaired) electrons. The molecule has 0 aliphatic carbocycles. The molecule has 0 fully saturated rings. The van der Waals surface area contributed by atoms with Gasteiger partial charge in [-0.3, -0.25) is 0 Å². The zero-order valence-electron chi connectivity index (χ0n) is 11.5. The predicted octanol–water partition coefficient (Wildman–Crippen LogP) is 4.44. The molecule has 100 valence electrons. The molecular weight excluding hydrogens is 258 g/mol. The van der Waals surface area contributed by atoms with Crippen LogP contribution in [-0.2, 0) is 6.42 Å². The number of rotatable bonds is 4. The van der Waals surface area contributed by atoms with Crippen LogP contribution in [0.15, 0.2) is 24.3 Å². The highest BCUT2D eigenvalue weighted by molar-refractivity contribution is 6.29. The summed E-state index contributed by atoms with van der Waals surface area (Å²) in [5.41, 5.74) is 3.46. The molecule has 1 heterocycles. The highest BCUT2D eigenvalue weighted by Gasteiger charge is 2.04. The molecule has 0 aliphatic heterocycles. The van der Waals surface area contributed by atoms with Gasteiger partial charge in [0.05, 0.1) is 0 Å². The van der Waals surface area contributed by atoms with Gasteiger partial charge in [0.25, 0.3) is 0 Å². The van der Waals surface area contributed by atoms with E-state index in [1.807, 2.05) is 0 Å². The van der Waals surface area contributed by atoms with Crippen molar-refractivity contribution in [3.63, 3.8) is 0 Å². The largest absolute Gasteiger partial charge is 0.340 e. The van der Waals surface area contributed by atoms with Gasteiger partial charge in [0.1, 0.15) is 16.8 Å². The zero-order valence-corrected chi connectivity index (χ0v) is 12.3. The van der Waals surface area contributed by atoms with Crippen LogP contribution in [0.4, 0.5) is 11.5 Å². The first-order chi connectivity index (χ1) is 9.06. The second-order valence-electron chi connectivity index (χ2n) is 4.74. The lowest BCUT2D eigenvalue weighted by molar-refractivity contribution is 0.837. The van der Waals surface area contributed by atoms with E-state index in [1.54, 1.807) is 6.07 Å². The number of hydrogen-bond donors (Lipinski definition) is 1. The van der Waals surface area contributed by atoms with Gasteiger partial charge in [-0.2, -0.15) is 0 Å². The monoisotopic (exact) mass is 275 g/mol. The number of aryl methyl sites for hydroxylation is 3. The molecule has 0 atom stereocenters. The number of nitrogens with zero attached hydrogens (tertiary/aromatic N) is 2. The average molecular weight is 276 g/mol. The number of hydrogen-bond acceptors (Lipinski definition) is 3. The van der Waals surface area contributed by atoms with E-state index in [1.165, 1.54) is 11.1 Å². The molecule has 19 heavy (non-hydrogen) atoms. The summed E-state index contributed by atoms with van der Waals surface area (Å²) in [5, 5.41) is 3.77. The van der Waals surface area contributed by atoms with Crippen LogP contribution in [0.5, 0.6) is 0 Å². The maximum Gasteiger partial charge on any atom is 0.135 e. The van der Waals surface area contributed by atoms with Crippen LogP contribution in [0.25, 0.3) is 0 Å². The van der Waals surface area contributed by atoms with E-state index < -0.39 is 0 Å². The predicted molar refractivity (Wildman–Crippen MR) is 80.2 cm³/mol. The molecule has 1 N–H and O–H groups in total. The van der Waals surface area contributed by atoms with Crippen molar-refractivity contribution in [1.29, 1.82) is 0 Å². The summed E-state index contributed by atoms with van der Waals surface area (Å²) in [6, 6.07) is 8.06. The summed E-state index contributed by atoms with van der Waals surface area (Å²) < 4.78 is 0. The van der Waals surface area contributed by atoms with Crippen molar-refractivity contribution in [3.8, 4) is 0 Å². The lowest BCUT2D eigenvalue weighted by atomic mass is 10.1. The van der Waals surface area contributed by atoms with Crippen LogP contribution in [0.3, 0.4) is 0 Å². The van der Waals surface area contributed by atoms with Crippen LogP contribution < -0.4 is 5.32 Å². The van der Waals surface area contributed by atoms with Gasteiger partial charge < -0.3 is 5.32 Å². The van der Waals surface area contributed by atoms with Gasteiger partial charge >= 0.3 is 0 Å². The maximum atomic E-state index is 6.02. The van der Waals surface area contributed by atoms with Gasteiger partial charge in [-0.25, -0.2) is 9.97 Å². The Balaban J connectivity index is 2.27. The standard InChI is InChI=1S/C15H18ClN3/c1-4-5-14-18-13(16)9-15(19-14)17-12-7-10(2)6-11(3)8-12/h6-9H,4-5H2,1-3H3,(H,17,18,19). The minimum Gasteiger partial charge on any atom is -0.340 e. The molecule has 0 saturated heterocycles. The van der Waals surface area contributed by atoms with Crippen molar-refractivity contribution in [2.75, 3.05) is 5.32 Å². The summed E-state index contributed by atoms with van der Waals surface area (Å²) in [5.74, 6) is 1.52. The fourth-order valence-corrected chi connectivity index (χ4v) is 2.26. The highest BCUT2D eigenvalue weighted by atomic mass is 35.5. The van der Waals surface area contributed by atoms with E-state index in [0.717, 1.165) is 30.2 Å². The van der Waals surface area contributed by atoms with Crippen LogP contribution in [0.2, 0.25) is 5.15 Å². The third-order valence-electron chi connectivity index (χ3n) is 2.71. The van der Waals surface area contributed by atoms with Crippen molar-refractivity contribution in [2.45, 2.75) is 33.6 Å². The third kappa shape index (κ3) is 3.93. The van der Waals surface area contributed by atoms with Crippen molar-refractivity contribution in [2.24, 2.45) is 0 Å². The van der Waals surface area contributed by atoms with Crippen molar-refractivity contribution < 1.29 is 0 Å². The highest BCUT2D eigenvalue weighted by Crippen LogP contribution is 2.20. The van der Waals surface area contributed by atoms with E-state index in [9.17, 15) is 0 Å². The van der Waals surface area contributed by atoms with Gasteiger partial charge in [-0.15, -0.1) is 0 Å². The average Bonchev–Trinajstić information content (AvgIpc) is 2.26. The number of anilines is 2. The number of aromatic nitrogens is 2. The quantitative estimate of drug-likeness (QED) is 0.838. The Morgan fingerprint density at radius 3 is 2.37 bits per heavy atom. The molecule has 2 rings (SSSR count). The Morgan fingerprint density at radius 2 is 1.74 bits per heavy atom. The molecule has 0 amide bonds. The van der Waals surface area contributed by atoms with Gasteiger partial charge in [0.15, 0.2) is 0 Å². The summed E-state index contributed by atoms with van der Waals surface area (Å²) >= 11 is 6.02. The Hall–Kier alpha value is -1.61. The summed E-state index contributed by atoms with van der Waals surface area (Å²) in [6.45, 7) is 6.25. The molecular formula is C15H18ClN3. The van der Waals surface area contributed by atoms with E-state index in [-0.39, 0.29) is 0 Å². The first-order valence-corrected chi connectivity index (χ1v) is 6.83. The molecule has 0 unspecified atom stereocenters. The van der Waals surface area contributed by atoms with Gasteiger partial charge in [0.2, 0.25) is 0 Å². The molecule has 0 spiro atoms. The van der Waals surface area contributed by atoms with E-state index in [4.69, 9.17) is 11.6 Å². The molecule has 3 nitrogen and oxygen atoms in total. The fourth-order valence-electron chi connectivity index (χ4n) is 2.06. The SMILES string of the molecule is CCCc1nc(Cl)cc(Nc2cc(C)cc(C)c2)n1.